The molecule has 0 aromatic heterocycles. The number of carbonyl (C=O) groups is 1. The predicted octanol–water partition coefficient (Wildman–Crippen LogP) is 3.48. The van der Waals surface area contributed by atoms with Gasteiger partial charge >= 0.3 is 0 Å². The van der Waals surface area contributed by atoms with Gasteiger partial charge in [-0.15, -0.1) is 0 Å². The maximum absolute atomic E-state index is 12.0. The van der Waals surface area contributed by atoms with E-state index in [9.17, 15) is 4.79 Å². The van der Waals surface area contributed by atoms with Crippen LogP contribution in [-0.2, 0) is 11.3 Å². The van der Waals surface area contributed by atoms with Crippen molar-refractivity contribution in [1.29, 1.82) is 0 Å². The Kier molecular flexibility index (Phi) is 5.70. The molecule has 1 saturated heterocycles. The third-order valence-corrected chi connectivity index (χ3v) is 4.71. The monoisotopic (exact) mass is 314 g/mol. The summed E-state index contributed by atoms with van der Waals surface area (Å²) in [5.74, 6) is 0.0693. The van der Waals surface area contributed by atoms with Crippen LogP contribution < -0.4 is 5.32 Å². The van der Waals surface area contributed by atoms with Gasteiger partial charge in [-0.3, -0.25) is 4.79 Å². The lowest BCUT2D eigenvalue weighted by molar-refractivity contribution is -0.122. The fourth-order valence-corrected chi connectivity index (χ4v) is 2.95. The largest absolute Gasteiger partial charge is 0.352 e. The summed E-state index contributed by atoms with van der Waals surface area (Å²) >= 11 is 12.1. The van der Waals surface area contributed by atoms with Gasteiger partial charge < -0.3 is 10.2 Å². The minimum atomic E-state index is 0.0693. The van der Waals surface area contributed by atoms with Crippen molar-refractivity contribution in [2.75, 3.05) is 13.6 Å². The lowest BCUT2D eigenvalue weighted by Gasteiger charge is -2.31. The second-order valence-electron chi connectivity index (χ2n) is 5.32. The van der Waals surface area contributed by atoms with Crippen molar-refractivity contribution in [3.8, 4) is 0 Å². The Hall–Kier alpha value is -0.770. The van der Waals surface area contributed by atoms with Gasteiger partial charge in [0.15, 0.2) is 0 Å². The maximum atomic E-state index is 12.0. The second kappa shape index (κ2) is 7.30. The number of rotatable bonds is 4. The Bertz CT molecular complexity index is 479. The van der Waals surface area contributed by atoms with E-state index in [-0.39, 0.29) is 5.91 Å². The van der Waals surface area contributed by atoms with Gasteiger partial charge in [-0.25, -0.2) is 0 Å². The van der Waals surface area contributed by atoms with Crippen LogP contribution >= 0.6 is 23.2 Å². The third-order valence-electron chi connectivity index (χ3n) is 3.85. The first-order chi connectivity index (χ1) is 9.58. The molecule has 0 bridgehead atoms. The van der Waals surface area contributed by atoms with Gasteiger partial charge in [0.2, 0.25) is 5.91 Å². The molecular formula is C15H20Cl2N2O. The van der Waals surface area contributed by atoms with Crippen LogP contribution in [0.3, 0.4) is 0 Å². The molecule has 0 unspecified atom stereocenters. The Morgan fingerprint density at radius 2 is 2.20 bits per heavy atom. The average Bonchev–Trinajstić information content (AvgIpc) is 2.43. The molecule has 1 atom stereocenters. The van der Waals surface area contributed by atoms with E-state index < -0.39 is 0 Å². The molecule has 5 heteroatoms. The summed E-state index contributed by atoms with van der Waals surface area (Å²) in [5, 5.41) is 3.96. The zero-order valence-electron chi connectivity index (χ0n) is 11.7. The predicted molar refractivity (Wildman–Crippen MR) is 83.2 cm³/mol. The van der Waals surface area contributed by atoms with Crippen LogP contribution in [0, 0.1) is 0 Å². The van der Waals surface area contributed by atoms with Crippen molar-refractivity contribution in [3.63, 3.8) is 0 Å². The van der Waals surface area contributed by atoms with Crippen LogP contribution in [0.4, 0.5) is 0 Å². The van der Waals surface area contributed by atoms with Crippen molar-refractivity contribution >= 4 is 29.1 Å². The summed E-state index contributed by atoms with van der Waals surface area (Å²) in [4.78, 5) is 14.3. The number of benzene rings is 1. The SMILES string of the molecule is CN1CCCC[C@H]1CC(=O)NCc1cccc(Cl)c1Cl. The van der Waals surface area contributed by atoms with Gasteiger partial charge in [0, 0.05) is 19.0 Å². The molecule has 1 aromatic carbocycles. The van der Waals surface area contributed by atoms with Crippen LogP contribution in [0.2, 0.25) is 10.0 Å². The lowest BCUT2D eigenvalue weighted by Crippen LogP contribution is -2.40. The lowest BCUT2D eigenvalue weighted by atomic mass is 10.00. The summed E-state index contributed by atoms with van der Waals surface area (Å²) in [6.07, 6.45) is 4.09. The van der Waals surface area contributed by atoms with E-state index in [4.69, 9.17) is 23.2 Å². The molecule has 0 saturated carbocycles. The van der Waals surface area contributed by atoms with Gasteiger partial charge in [0.25, 0.3) is 0 Å². The molecular weight excluding hydrogens is 295 g/mol. The highest BCUT2D eigenvalue weighted by Gasteiger charge is 2.21. The number of nitrogens with one attached hydrogen (secondary N) is 1. The molecule has 3 nitrogen and oxygen atoms in total. The maximum Gasteiger partial charge on any atom is 0.221 e. The van der Waals surface area contributed by atoms with Crippen LogP contribution in [0.5, 0.6) is 0 Å². The van der Waals surface area contributed by atoms with E-state index in [2.05, 4.69) is 17.3 Å². The first-order valence-electron chi connectivity index (χ1n) is 6.97. The highest BCUT2D eigenvalue weighted by Crippen LogP contribution is 2.25. The molecule has 1 fully saturated rings. The Labute approximate surface area is 130 Å². The molecule has 1 aliphatic heterocycles. The highest BCUT2D eigenvalue weighted by molar-refractivity contribution is 6.42. The molecule has 0 aliphatic carbocycles. The summed E-state index contributed by atoms with van der Waals surface area (Å²) in [5.41, 5.74) is 0.851. The number of carbonyl (C=O) groups excluding carboxylic acids is 1. The molecule has 1 heterocycles. The molecule has 1 N–H and O–H groups in total. The fraction of sp³-hybridized carbons (Fsp3) is 0.533. The number of amides is 1. The first-order valence-corrected chi connectivity index (χ1v) is 7.73. The number of piperidine rings is 1. The van der Waals surface area contributed by atoms with E-state index in [1.54, 1.807) is 6.07 Å². The first kappa shape index (κ1) is 15.6. The molecule has 1 amide bonds. The Morgan fingerprint density at radius 3 is 2.95 bits per heavy atom. The van der Waals surface area contributed by atoms with E-state index in [1.165, 1.54) is 12.8 Å². The van der Waals surface area contributed by atoms with E-state index in [0.717, 1.165) is 18.5 Å². The molecule has 0 spiro atoms. The number of halogens is 2. The van der Waals surface area contributed by atoms with Crippen LogP contribution in [0.25, 0.3) is 0 Å². The summed E-state index contributed by atoms with van der Waals surface area (Å²) in [7, 11) is 2.09. The standard InChI is InChI=1S/C15H20Cl2N2O/c1-19-8-3-2-6-12(19)9-14(20)18-10-11-5-4-7-13(16)15(11)17/h4-5,7,12H,2-3,6,8-10H2,1H3,(H,18,20)/t12-/m0/s1. The number of nitrogens with zero attached hydrogens (tertiary/aromatic N) is 1. The van der Waals surface area contributed by atoms with Crippen LogP contribution in [0.15, 0.2) is 18.2 Å². The molecule has 2 rings (SSSR count). The minimum absolute atomic E-state index is 0.0693. The van der Waals surface area contributed by atoms with E-state index in [1.807, 2.05) is 12.1 Å². The zero-order valence-corrected chi connectivity index (χ0v) is 13.2. The minimum Gasteiger partial charge on any atom is -0.352 e. The number of hydrogen-bond donors (Lipinski definition) is 1. The van der Waals surface area contributed by atoms with Crippen molar-refractivity contribution in [3.05, 3.63) is 33.8 Å². The Morgan fingerprint density at radius 1 is 1.40 bits per heavy atom. The van der Waals surface area contributed by atoms with Crippen LogP contribution in [0.1, 0.15) is 31.2 Å². The quantitative estimate of drug-likeness (QED) is 0.922. The van der Waals surface area contributed by atoms with Crippen molar-refractivity contribution in [1.82, 2.24) is 10.2 Å². The van der Waals surface area contributed by atoms with Crippen molar-refractivity contribution in [2.45, 2.75) is 38.3 Å². The second-order valence-corrected chi connectivity index (χ2v) is 6.11. The van der Waals surface area contributed by atoms with Gasteiger partial charge in [-0.1, -0.05) is 41.8 Å². The molecule has 1 aliphatic rings. The fourth-order valence-electron chi connectivity index (χ4n) is 2.57. The van der Waals surface area contributed by atoms with Crippen molar-refractivity contribution in [2.24, 2.45) is 0 Å². The molecule has 0 radical (unpaired) electrons. The number of likely N-dealkylation sites (tertiary alicyclic amines) is 1. The summed E-state index contributed by atoms with van der Waals surface area (Å²) in [6, 6.07) is 5.82. The van der Waals surface area contributed by atoms with Gasteiger partial charge in [-0.05, 0) is 38.1 Å². The normalized spacial score (nSPS) is 19.9. The van der Waals surface area contributed by atoms with E-state index in [0.29, 0.717) is 29.1 Å². The van der Waals surface area contributed by atoms with E-state index >= 15 is 0 Å². The van der Waals surface area contributed by atoms with Gasteiger partial charge in [0.1, 0.15) is 0 Å². The van der Waals surface area contributed by atoms with Crippen molar-refractivity contribution < 1.29 is 4.79 Å². The highest BCUT2D eigenvalue weighted by atomic mass is 35.5. The average molecular weight is 315 g/mol. The molecule has 110 valence electrons. The van der Waals surface area contributed by atoms with Gasteiger partial charge in [0.05, 0.1) is 10.0 Å². The van der Waals surface area contributed by atoms with Gasteiger partial charge in [-0.2, -0.15) is 0 Å². The summed E-state index contributed by atoms with van der Waals surface area (Å²) in [6.45, 7) is 1.51. The number of hydrogen-bond acceptors (Lipinski definition) is 2. The summed E-state index contributed by atoms with van der Waals surface area (Å²) < 4.78 is 0. The van der Waals surface area contributed by atoms with Crippen LogP contribution in [-0.4, -0.2) is 30.4 Å². The third kappa shape index (κ3) is 4.11. The molecule has 20 heavy (non-hydrogen) atoms. The zero-order chi connectivity index (χ0) is 14.5. The molecule has 1 aromatic rings. The topological polar surface area (TPSA) is 32.3 Å². The smallest absolute Gasteiger partial charge is 0.221 e. The Balaban J connectivity index is 1.84.